The Kier molecular flexibility index (Phi) is 6.74. The molecule has 5 nitrogen and oxygen atoms in total. The maximum Gasteiger partial charge on any atom is 0.234 e. The van der Waals surface area contributed by atoms with Gasteiger partial charge >= 0.3 is 0 Å². The van der Waals surface area contributed by atoms with Gasteiger partial charge in [0.25, 0.3) is 0 Å². The van der Waals surface area contributed by atoms with Crippen LogP contribution < -0.4 is 20.7 Å². The summed E-state index contributed by atoms with van der Waals surface area (Å²) in [6.07, 6.45) is 1.81. The van der Waals surface area contributed by atoms with Gasteiger partial charge in [-0.2, -0.15) is 0 Å². The molecule has 1 rings (SSSR count). The minimum absolute atomic E-state index is 0.0799. The van der Waals surface area contributed by atoms with Crippen LogP contribution in [0.15, 0.2) is 24.3 Å². The number of carbonyl (C=O) groups excluding carboxylic acids is 1. The fourth-order valence-corrected chi connectivity index (χ4v) is 1.56. The summed E-state index contributed by atoms with van der Waals surface area (Å²) in [5.41, 5.74) is 2.10. The van der Waals surface area contributed by atoms with Gasteiger partial charge < -0.3 is 9.47 Å². The molecule has 1 atom stereocenters. The third-order valence-electron chi connectivity index (χ3n) is 2.58. The lowest BCUT2D eigenvalue weighted by molar-refractivity contribution is -0.121. The molecule has 0 aromatic heterocycles. The van der Waals surface area contributed by atoms with Crippen molar-refractivity contribution in [1.82, 2.24) is 5.43 Å². The number of benzene rings is 1. The molecule has 3 N–H and O–H groups in total. The maximum atomic E-state index is 11.1. The SMILES string of the molecule is CCCOc1ccccc1OC(C)CCC(=O)NN. The molecule has 0 aliphatic heterocycles. The van der Waals surface area contributed by atoms with Crippen LogP contribution in [0.25, 0.3) is 0 Å². The molecule has 0 saturated heterocycles. The Labute approximate surface area is 114 Å². The first-order chi connectivity index (χ1) is 9.17. The van der Waals surface area contributed by atoms with Crippen molar-refractivity contribution in [1.29, 1.82) is 0 Å². The Morgan fingerprint density at radius 1 is 1.37 bits per heavy atom. The van der Waals surface area contributed by atoms with Crippen molar-refractivity contribution in [2.24, 2.45) is 5.84 Å². The van der Waals surface area contributed by atoms with Gasteiger partial charge in [0.15, 0.2) is 11.5 Å². The van der Waals surface area contributed by atoms with Crippen molar-refractivity contribution >= 4 is 5.91 Å². The Morgan fingerprint density at radius 2 is 2.05 bits per heavy atom. The van der Waals surface area contributed by atoms with Crippen molar-refractivity contribution in [2.45, 2.75) is 39.2 Å². The van der Waals surface area contributed by atoms with E-state index in [1.54, 1.807) is 0 Å². The van der Waals surface area contributed by atoms with Crippen LogP contribution in [0.5, 0.6) is 11.5 Å². The first kappa shape index (κ1) is 15.3. The van der Waals surface area contributed by atoms with Crippen LogP contribution in [0.4, 0.5) is 0 Å². The topological polar surface area (TPSA) is 73.6 Å². The van der Waals surface area contributed by atoms with E-state index in [0.717, 1.165) is 12.2 Å². The summed E-state index contributed by atoms with van der Waals surface area (Å²) in [6, 6.07) is 7.55. The number of hydrazine groups is 1. The third-order valence-corrected chi connectivity index (χ3v) is 2.58. The van der Waals surface area contributed by atoms with E-state index in [4.69, 9.17) is 15.3 Å². The third kappa shape index (κ3) is 5.61. The van der Waals surface area contributed by atoms with E-state index in [-0.39, 0.29) is 12.0 Å². The smallest absolute Gasteiger partial charge is 0.234 e. The van der Waals surface area contributed by atoms with Crippen molar-refractivity contribution in [3.8, 4) is 11.5 Å². The van der Waals surface area contributed by atoms with Gasteiger partial charge in [0.1, 0.15) is 0 Å². The van der Waals surface area contributed by atoms with E-state index in [9.17, 15) is 4.79 Å². The highest BCUT2D eigenvalue weighted by atomic mass is 16.5. The van der Waals surface area contributed by atoms with Crippen molar-refractivity contribution in [2.75, 3.05) is 6.61 Å². The van der Waals surface area contributed by atoms with Gasteiger partial charge in [-0.05, 0) is 31.9 Å². The molecule has 0 spiro atoms. The summed E-state index contributed by atoms with van der Waals surface area (Å²) in [5.74, 6) is 6.28. The molecule has 0 bridgehead atoms. The molecule has 1 aromatic carbocycles. The summed E-state index contributed by atoms with van der Waals surface area (Å²) in [4.78, 5) is 11.1. The molecular weight excluding hydrogens is 244 g/mol. The van der Waals surface area contributed by atoms with Gasteiger partial charge in [-0.25, -0.2) is 5.84 Å². The highest BCUT2D eigenvalue weighted by molar-refractivity contribution is 5.75. The van der Waals surface area contributed by atoms with Crippen molar-refractivity contribution in [3.63, 3.8) is 0 Å². The summed E-state index contributed by atoms with van der Waals surface area (Å²) in [5, 5.41) is 0. The molecular formula is C14H22N2O3. The normalized spacial score (nSPS) is 11.7. The van der Waals surface area contributed by atoms with Gasteiger partial charge in [0.2, 0.25) is 5.91 Å². The highest BCUT2D eigenvalue weighted by Gasteiger charge is 2.10. The average molecular weight is 266 g/mol. The summed E-state index contributed by atoms with van der Waals surface area (Å²) < 4.78 is 11.4. The summed E-state index contributed by atoms with van der Waals surface area (Å²) in [6.45, 7) is 4.63. The quantitative estimate of drug-likeness (QED) is 0.429. The number of rotatable bonds is 8. The molecule has 1 aromatic rings. The fraction of sp³-hybridized carbons (Fsp3) is 0.500. The molecule has 5 heteroatoms. The Hall–Kier alpha value is -1.75. The predicted octanol–water partition coefficient (Wildman–Crippen LogP) is 2.01. The number of carbonyl (C=O) groups is 1. The molecule has 106 valence electrons. The number of nitrogens with two attached hydrogens (primary N) is 1. The van der Waals surface area contributed by atoms with Crippen molar-refractivity contribution in [3.05, 3.63) is 24.3 Å². The predicted molar refractivity (Wildman–Crippen MR) is 73.9 cm³/mol. The maximum absolute atomic E-state index is 11.1. The first-order valence-electron chi connectivity index (χ1n) is 6.55. The average Bonchev–Trinajstić information content (AvgIpc) is 2.43. The van der Waals surface area contributed by atoms with E-state index >= 15 is 0 Å². The van der Waals surface area contributed by atoms with Crippen LogP contribution in [0.2, 0.25) is 0 Å². The van der Waals surface area contributed by atoms with Gasteiger partial charge in [-0.15, -0.1) is 0 Å². The lowest BCUT2D eigenvalue weighted by Gasteiger charge is -2.17. The molecule has 0 aliphatic rings. The van der Waals surface area contributed by atoms with E-state index in [1.807, 2.05) is 31.2 Å². The molecule has 0 saturated carbocycles. The second kappa shape index (κ2) is 8.37. The van der Waals surface area contributed by atoms with E-state index in [1.165, 1.54) is 0 Å². The zero-order valence-corrected chi connectivity index (χ0v) is 11.5. The molecule has 1 unspecified atom stereocenters. The zero-order chi connectivity index (χ0) is 14.1. The largest absolute Gasteiger partial charge is 0.490 e. The van der Waals surface area contributed by atoms with Crippen LogP contribution in [0.3, 0.4) is 0 Å². The minimum atomic E-state index is -0.189. The minimum Gasteiger partial charge on any atom is -0.490 e. The monoisotopic (exact) mass is 266 g/mol. The lowest BCUT2D eigenvalue weighted by Crippen LogP contribution is -2.30. The van der Waals surface area contributed by atoms with Gasteiger partial charge in [-0.3, -0.25) is 10.2 Å². The van der Waals surface area contributed by atoms with Gasteiger partial charge in [0, 0.05) is 6.42 Å². The second-order valence-electron chi connectivity index (χ2n) is 4.33. The van der Waals surface area contributed by atoms with Crippen LogP contribution in [-0.2, 0) is 4.79 Å². The number of nitrogens with one attached hydrogen (secondary N) is 1. The van der Waals surface area contributed by atoms with Crippen LogP contribution in [0, 0.1) is 0 Å². The van der Waals surface area contributed by atoms with Crippen molar-refractivity contribution < 1.29 is 14.3 Å². The number of ether oxygens (including phenoxy) is 2. The Morgan fingerprint density at radius 3 is 2.68 bits per heavy atom. The van der Waals surface area contributed by atoms with Crippen LogP contribution >= 0.6 is 0 Å². The van der Waals surface area contributed by atoms with E-state index in [0.29, 0.717) is 25.2 Å². The summed E-state index contributed by atoms with van der Waals surface area (Å²) in [7, 11) is 0. The number of amides is 1. The highest BCUT2D eigenvalue weighted by Crippen LogP contribution is 2.28. The number of para-hydroxylation sites is 2. The first-order valence-corrected chi connectivity index (χ1v) is 6.55. The molecule has 19 heavy (non-hydrogen) atoms. The molecule has 0 aliphatic carbocycles. The van der Waals surface area contributed by atoms with Crippen LogP contribution in [0.1, 0.15) is 33.1 Å². The molecule has 0 fully saturated rings. The molecule has 1 amide bonds. The van der Waals surface area contributed by atoms with E-state index < -0.39 is 0 Å². The number of hydrogen-bond donors (Lipinski definition) is 2. The lowest BCUT2D eigenvalue weighted by atomic mass is 10.2. The number of hydrogen-bond acceptors (Lipinski definition) is 4. The second-order valence-corrected chi connectivity index (χ2v) is 4.33. The standard InChI is InChI=1S/C14H22N2O3/c1-3-10-18-12-6-4-5-7-13(12)19-11(2)8-9-14(17)16-15/h4-7,11H,3,8-10,15H2,1-2H3,(H,16,17). The summed E-state index contributed by atoms with van der Waals surface area (Å²) >= 11 is 0. The molecule has 0 heterocycles. The Balaban J connectivity index is 2.53. The van der Waals surface area contributed by atoms with E-state index in [2.05, 4.69) is 12.3 Å². The van der Waals surface area contributed by atoms with Gasteiger partial charge in [0.05, 0.1) is 12.7 Å². The van der Waals surface area contributed by atoms with Crippen LogP contribution in [-0.4, -0.2) is 18.6 Å². The Bertz CT molecular complexity index is 396. The van der Waals surface area contributed by atoms with Gasteiger partial charge in [-0.1, -0.05) is 19.1 Å². The fourth-order valence-electron chi connectivity index (χ4n) is 1.56. The zero-order valence-electron chi connectivity index (χ0n) is 11.5. The molecule has 0 radical (unpaired) electrons.